The number of aromatic nitrogens is 1. The van der Waals surface area contributed by atoms with E-state index in [0.29, 0.717) is 19.1 Å². The molecule has 1 amide bonds. The summed E-state index contributed by atoms with van der Waals surface area (Å²) in [4.78, 5) is 28.9. The summed E-state index contributed by atoms with van der Waals surface area (Å²) in [6, 6.07) is 1.82. The van der Waals surface area contributed by atoms with Crippen molar-refractivity contribution in [3.05, 3.63) is 33.7 Å². The highest BCUT2D eigenvalue weighted by Crippen LogP contribution is 2.09. The van der Waals surface area contributed by atoms with Crippen LogP contribution >= 0.6 is 0 Å². The van der Waals surface area contributed by atoms with E-state index in [1.165, 1.54) is 12.3 Å². The predicted molar refractivity (Wildman–Crippen MR) is 74.4 cm³/mol. The van der Waals surface area contributed by atoms with E-state index in [0.717, 1.165) is 25.1 Å². The summed E-state index contributed by atoms with van der Waals surface area (Å²) in [5.41, 5.74) is 0.784. The first-order valence-corrected chi connectivity index (χ1v) is 6.83. The molecule has 5 heteroatoms. The van der Waals surface area contributed by atoms with E-state index in [4.69, 9.17) is 0 Å². The third-order valence-electron chi connectivity index (χ3n) is 3.56. The van der Waals surface area contributed by atoms with Crippen LogP contribution in [-0.2, 0) is 0 Å². The van der Waals surface area contributed by atoms with Crippen LogP contribution in [0.1, 0.15) is 35.8 Å². The average Bonchev–Trinajstić information content (AvgIpc) is 2.88. The van der Waals surface area contributed by atoms with Crippen LogP contribution in [0.5, 0.6) is 0 Å². The van der Waals surface area contributed by atoms with Crippen LogP contribution in [0, 0.1) is 6.92 Å². The summed E-state index contributed by atoms with van der Waals surface area (Å²) in [6.07, 6.45) is 3.76. The first kappa shape index (κ1) is 13.8. The normalized spacial score (nSPS) is 18.5. The molecule has 1 atom stereocenters. The fourth-order valence-electron chi connectivity index (χ4n) is 2.44. The van der Waals surface area contributed by atoms with Gasteiger partial charge in [0.05, 0.1) is 0 Å². The van der Waals surface area contributed by atoms with Gasteiger partial charge in [-0.2, -0.15) is 0 Å². The standard InChI is InChI=1S/C14H21N3O2/c1-3-17(9-11-5-4-6-15-11)14(19)12-8-16-10(2)7-13(12)18/h7-8,11,15H,3-6,9H2,1-2H3,(H,16,18). The number of aromatic amines is 1. The Kier molecular flexibility index (Phi) is 4.37. The fraction of sp³-hybridized carbons (Fsp3) is 0.571. The van der Waals surface area contributed by atoms with Gasteiger partial charge in [-0.15, -0.1) is 0 Å². The Bertz CT molecular complexity index is 504. The van der Waals surface area contributed by atoms with Gasteiger partial charge < -0.3 is 15.2 Å². The smallest absolute Gasteiger partial charge is 0.259 e. The fourth-order valence-corrected chi connectivity index (χ4v) is 2.44. The first-order chi connectivity index (χ1) is 9.11. The molecule has 0 aromatic carbocycles. The monoisotopic (exact) mass is 263 g/mol. The molecule has 19 heavy (non-hydrogen) atoms. The second-order valence-corrected chi connectivity index (χ2v) is 5.03. The predicted octanol–water partition coefficient (Wildman–Crippen LogP) is 0.897. The lowest BCUT2D eigenvalue weighted by atomic mass is 10.1. The lowest BCUT2D eigenvalue weighted by Crippen LogP contribution is -2.42. The number of pyridine rings is 1. The van der Waals surface area contributed by atoms with Crippen molar-refractivity contribution in [1.29, 1.82) is 0 Å². The van der Waals surface area contributed by atoms with Crippen molar-refractivity contribution < 1.29 is 4.79 Å². The van der Waals surface area contributed by atoms with Crippen LogP contribution in [0.2, 0.25) is 0 Å². The number of H-pyrrole nitrogens is 1. The molecule has 1 fully saturated rings. The maximum absolute atomic E-state index is 12.4. The lowest BCUT2D eigenvalue weighted by Gasteiger charge is -2.24. The zero-order valence-corrected chi connectivity index (χ0v) is 11.5. The maximum atomic E-state index is 12.4. The summed E-state index contributed by atoms with van der Waals surface area (Å²) in [7, 11) is 0. The molecule has 2 heterocycles. The molecule has 2 N–H and O–H groups in total. The Labute approximate surface area is 113 Å². The molecule has 104 valence electrons. The van der Waals surface area contributed by atoms with Crippen LogP contribution in [0.3, 0.4) is 0 Å². The van der Waals surface area contributed by atoms with Gasteiger partial charge in [-0.25, -0.2) is 0 Å². The highest BCUT2D eigenvalue weighted by atomic mass is 16.2. The molecule has 0 saturated carbocycles. The number of carbonyl (C=O) groups is 1. The number of nitrogens with one attached hydrogen (secondary N) is 2. The SMILES string of the molecule is CCN(CC1CCCN1)C(=O)c1c[nH]c(C)cc1=O. The van der Waals surface area contributed by atoms with Gasteiger partial charge in [0, 0.05) is 37.1 Å². The zero-order chi connectivity index (χ0) is 13.8. The van der Waals surface area contributed by atoms with Gasteiger partial charge in [0.2, 0.25) is 0 Å². The Hall–Kier alpha value is -1.62. The summed E-state index contributed by atoms with van der Waals surface area (Å²) < 4.78 is 0. The van der Waals surface area contributed by atoms with Gasteiger partial charge >= 0.3 is 0 Å². The quantitative estimate of drug-likeness (QED) is 0.848. The highest BCUT2D eigenvalue weighted by molar-refractivity contribution is 5.93. The van der Waals surface area contributed by atoms with Gasteiger partial charge in [-0.05, 0) is 33.2 Å². The molecule has 1 aromatic heterocycles. The summed E-state index contributed by atoms with van der Waals surface area (Å²) >= 11 is 0. The third-order valence-corrected chi connectivity index (χ3v) is 3.56. The number of likely N-dealkylation sites (N-methyl/N-ethyl adjacent to an activating group) is 1. The minimum absolute atomic E-state index is 0.183. The van der Waals surface area contributed by atoms with Crippen molar-refractivity contribution in [2.24, 2.45) is 0 Å². The van der Waals surface area contributed by atoms with Crippen molar-refractivity contribution in [2.75, 3.05) is 19.6 Å². The maximum Gasteiger partial charge on any atom is 0.259 e. The van der Waals surface area contributed by atoms with E-state index in [1.54, 1.807) is 11.8 Å². The second-order valence-electron chi connectivity index (χ2n) is 5.03. The molecule has 1 saturated heterocycles. The molecule has 1 aliphatic rings. The van der Waals surface area contributed by atoms with Crippen LogP contribution in [0.15, 0.2) is 17.1 Å². The summed E-state index contributed by atoms with van der Waals surface area (Å²) in [5.74, 6) is -0.183. The molecule has 0 bridgehead atoms. The van der Waals surface area contributed by atoms with E-state index in [-0.39, 0.29) is 16.9 Å². The third kappa shape index (κ3) is 3.23. The van der Waals surface area contributed by atoms with Crippen LogP contribution in [0.25, 0.3) is 0 Å². The van der Waals surface area contributed by atoms with Crippen molar-refractivity contribution in [3.8, 4) is 0 Å². The molecule has 0 aliphatic carbocycles. The van der Waals surface area contributed by atoms with E-state index >= 15 is 0 Å². The Morgan fingerprint density at radius 3 is 2.89 bits per heavy atom. The number of carbonyl (C=O) groups excluding carboxylic acids is 1. The number of hydrogen-bond donors (Lipinski definition) is 2. The Morgan fingerprint density at radius 2 is 2.32 bits per heavy atom. The van der Waals surface area contributed by atoms with Gasteiger partial charge in [-0.3, -0.25) is 9.59 Å². The first-order valence-electron chi connectivity index (χ1n) is 6.83. The van der Waals surface area contributed by atoms with Crippen LogP contribution in [-0.4, -0.2) is 41.5 Å². The largest absolute Gasteiger partial charge is 0.364 e. The Morgan fingerprint density at radius 1 is 1.53 bits per heavy atom. The molecule has 1 aliphatic heterocycles. The van der Waals surface area contributed by atoms with Crippen molar-refractivity contribution in [3.63, 3.8) is 0 Å². The minimum Gasteiger partial charge on any atom is -0.364 e. The van der Waals surface area contributed by atoms with Gasteiger partial charge in [0.25, 0.3) is 5.91 Å². The minimum atomic E-state index is -0.209. The Balaban J connectivity index is 2.13. The lowest BCUT2D eigenvalue weighted by molar-refractivity contribution is 0.0749. The van der Waals surface area contributed by atoms with Crippen LogP contribution in [0.4, 0.5) is 0 Å². The number of hydrogen-bond acceptors (Lipinski definition) is 3. The van der Waals surface area contributed by atoms with Crippen LogP contribution < -0.4 is 10.7 Å². The molecular formula is C14H21N3O2. The van der Waals surface area contributed by atoms with E-state index in [2.05, 4.69) is 10.3 Å². The van der Waals surface area contributed by atoms with E-state index in [9.17, 15) is 9.59 Å². The molecule has 2 rings (SSSR count). The molecule has 1 aromatic rings. The molecule has 0 spiro atoms. The van der Waals surface area contributed by atoms with Crippen molar-refractivity contribution in [2.45, 2.75) is 32.7 Å². The number of aryl methyl sites for hydroxylation is 1. The number of nitrogens with zero attached hydrogens (tertiary/aromatic N) is 1. The van der Waals surface area contributed by atoms with Gasteiger partial charge in [0.15, 0.2) is 5.43 Å². The topological polar surface area (TPSA) is 65.2 Å². The number of rotatable bonds is 4. The van der Waals surface area contributed by atoms with Gasteiger partial charge in [0.1, 0.15) is 5.56 Å². The molecule has 1 unspecified atom stereocenters. The van der Waals surface area contributed by atoms with Crippen molar-refractivity contribution in [1.82, 2.24) is 15.2 Å². The molecular weight excluding hydrogens is 242 g/mol. The molecule has 5 nitrogen and oxygen atoms in total. The highest BCUT2D eigenvalue weighted by Gasteiger charge is 2.22. The van der Waals surface area contributed by atoms with Crippen molar-refractivity contribution >= 4 is 5.91 Å². The average molecular weight is 263 g/mol. The molecule has 0 radical (unpaired) electrons. The zero-order valence-electron chi connectivity index (χ0n) is 11.5. The number of amides is 1. The van der Waals surface area contributed by atoms with Gasteiger partial charge in [-0.1, -0.05) is 0 Å². The van der Waals surface area contributed by atoms with E-state index < -0.39 is 0 Å². The summed E-state index contributed by atoms with van der Waals surface area (Å²) in [6.45, 7) is 6.04. The second kappa shape index (κ2) is 6.02. The summed E-state index contributed by atoms with van der Waals surface area (Å²) in [5, 5.41) is 3.37. The van der Waals surface area contributed by atoms with E-state index in [1.807, 2.05) is 6.92 Å².